The Morgan fingerprint density at radius 2 is 1.89 bits per heavy atom. The molecule has 1 atom stereocenters. The van der Waals surface area contributed by atoms with Crippen molar-refractivity contribution in [1.82, 2.24) is 5.32 Å². The molecule has 2 aromatic rings. The number of carbonyl (C=O) groups is 2. The van der Waals surface area contributed by atoms with Crippen LogP contribution in [0.3, 0.4) is 0 Å². The number of thioether (sulfide) groups is 1. The van der Waals surface area contributed by atoms with E-state index in [1.807, 2.05) is 32.0 Å². The number of halogens is 1. The van der Waals surface area contributed by atoms with E-state index < -0.39 is 11.9 Å². The minimum Gasteiger partial charge on any atom is -0.460 e. The number of rotatable bonds is 9. The van der Waals surface area contributed by atoms with E-state index in [9.17, 15) is 14.9 Å². The lowest BCUT2D eigenvalue weighted by atomic mass is 9.82. The number of methoxy groups -OCH3 is 1. The smallest absolute Gasteiger partial charge is 0.336 e. The average Bonchev–Trinajstić information content (AvgIpc) is 2.85. The zero-order chi connectivity index (χ0) is 26.2. The number of nitriles is 1. The van der Waals surface area contributed by atoms with Gasteiger partial charge in [-0.2, -0.15) is 5.26 Å². The van der Waals surface area contributed by atoms with Crippen molar-refractivity contribution in [3.05, 3.63) is 86.0 Å². The quantitative estimate of drug-likeness (QED) is 0.342. The molecule has 0 radical (unpaired) electrons. The molecule has 0 spiro atoms. The van der Waals surface area contributed by atoms with Crippen molar-refractivity contribution >= 4 is 40.9 Å². The molecule has 0 saturated heterocycles. The molecule has 1 unspecified atom stereocenters. The number of anilines is 1. The number of amides is 1. The monoisotopic (exact) mass is 525 g/mol. The van der Waals surface area contributed by atoms with Gasteiger partial charge in [-0.15, -0.1) is 0 Å². The first-order chi connectivity index (χ1) is 17.3. The summed E-state index contributed by atoms with van der Waals surface area (Å²) in [7, 11) is 1.52. The van der Waals surface area contributed by atoms with Gasteiger partial charge >= 0.3 is 5.97 Å². The van der Waals surface area contributed by atoms with Gasteiger partial charge in [0.15, 0.2) is 0 Å². The Balaban J connectivity index is 1.90. The number of ether oxygens (including phenoxy) is 2. The summed E-state index contributed by atoms with van der Waals surface area (Å²) in [5.41, 5.74) is 4.54. The largest absolute Gasteiger partial charge is 0.460 e. The molecule has 36 heavy (non-hydrogen) atoms. The number of allylic oxidation sites excluding steroid dienone is 2. The molecule has 0 bridgehead atoms. The van der Waals surface area contributed by atoms with Crippen LogP contribution in [0, 0.1) is 25.2 Å². The Morgan fingerprint density at radius 3 is 2.58 bits per heavy atom. The molecule has 0 fully saturated rings. The van der Waals surface area contributed by atoms with Crippen molar-refractivity contribution in [2.24, 2.45) is 0 Å². The van der Waals surface area contributed by atoms with Gasteiger partial charge in [0.25, 0.3) is 0 Å². The predicted octanol–water partition coefficient (Wildman–Crippen LogP) is 5.21. The van der Waals surface area contributed by atoms with E-state index in [2.05, 4.69) is 16.7 Å². The molecule has 0 aliphatic carbocycles. The summed E-state index contributed by atoms with van der Waals surface area (Å²) < 4.78 is 10.4. The summed E-state index contributed by atoms with van der Waals surface area (Å²) in [5.74, 6) is -1.45. The van der Waals surface area contributed by atoms with Gasteiger partial charge in [0.1, 0.15) is 6.61 Å². The molecule has 1 aliphatic heterocycles. The third-order valence-corrected chi connectivity index (χ3v) is 7.19. The molecular weight excluding hydrogens is 498 g/mol. The maximum absolute atomic E-state index is 13.1. The number of hydrogen-bond acceptors (Lipinski definition) is 7. The van der Waals surface area contributed by atoms with Crippen molar-refractivity contribution in [3.8, 4) is 6.07 Å². The van der Waals surface area contributed by atoms with Gasteiger partial charge in [-0.1, -0.05) is 53.7 Å². The Morgan fingerprint density at radius 1 is 1.14 bits per heavy atom. The lowest BCUT2D eigenvalue weighted by molar-refractivity contribution is -0.140. The van der Waals surface area contributed by atoms with Crippen LogP contribution in [0.5, 0.6) is 0 Å². The van der Waals surface area contributed by atoms with Crippen LogP contribution in [0.25, 0.3) is 0 Å². The second-order valence-corrected chi connectivity index (χ2v) is 9.58. The fourth-order valence-corrected chi connectivity index (χ4v) is 4.96. The van der Waals surface area contributed by atoms with Crippen molar-refractivity contribution in [2.75, 3.05) is 31.4 Å². The van der Waals surface area contributed by atoms with E-state index in [1.54, 1.807) is 31.2 Å². The molecule has 2 N–H and O–H groups in total. The highest BCUT2D eigenvalue weighted by Gasteiger charge is 2.36. The van der Waals surface area contributed by atoms with Crippen molar-refractivity contribution in [1.29, 1.82) is 5.26 Å². The summed E-state index contributed by atoms with van der Waals surface area (Å²) in [6.07, 6.45) is 0. The van der Waals surface area contributed by atoms with Crippen LogP contribution < -0.4 is 10.6 Å². The molecule has 1 heterocycles. The zero-order valence-electron chi connectivity index (χ0n) is 20.6. The number of nitrogens with zero attached hydrogens (tertiary/aromatic N) is 1. The van der Waals surface area contributed by atoms with E-state index in [0.29, 0.717) is 26.9 Å². The van der Waals surface area contributed by atoms with E-state index >= 15 is 0 Å². The van der Waals surface area contributed by atoms with E-state index in [4.69, 9.17) is 21.1 Å². The normalized spacial score (nSPS) is 15.3. The topological polar surface area (TPSA) is 100 Å². The molecule has 188 valence electrons. The van der Waals surface area contributed by atoms with Crippen LogP contribution in [0.4, 0.5) is 5.69 Å². The number of aryl methyl sites for hydroxylation is 1. The molecule has 7 nitrogen and oxygen atoms in total. The molecule has 0 aromatic heterocycles. The first-order valence-electron chi connectivity index (χ1n) is 11.3. The minimum absolute atomic E-state index is 0.0665. The zero-order valence-corrected chi connectivity index (χ0v) is 22.2. The summed E-state index contributed by atoms with van der Waals surface area (Å²) >= 11 is 7.69. The molecule has 0 saturated carbocycles. The summed E-state index contributed by atoms with van der Waals surface area (Å²) in [6.45, 7) is 6.00. The van der Waals surface area contributed by atoms with Gasteiger partial charge in [-0.05, 0) is 49.6 Å². The minimum atomic E-state index is -0.746. The van der Waals surface area contributed by atoms with E-state index in [0.717, 1.165) is 16.8 Å². The summed E-state index contributed by atoms with van der Waals surface area (Å²) in [6, 6.07) is 15.0. The van der Waals surface area contributed by atoms with Crippen LogP contribution in [0.15, 0.2) is 64.3 Å². The lowest BCUT2D eigenvalue weighted by Gasteiger charge is -2.29. The fraction of sp³-hybridized carbons (Fsp3) is 0.296. The number of esters is 1. The van der Waals surface area contributed by atoms with Gasteiger partial charge in [-0.25, -0.2) is 4.79 Å². The van der Waals surface area contributed by atoms with E-state index in [1.165, 1.54) is 18.9 Å². The maximum atomic E-state index is 13.1. The Labute approximate surface area is 220 Å². The van der Waals surface area contributed by atoms with Crippen molar-refractivity contribution < 1.29 is 19.1 Å². The second-order valence-electron chi connectivity index (χ2n) is 8.19. The third-order valence-electron chi connectivity index (χ3n) is 5.83. The van der Waals surface area contributed by atoms with Gasteiger partial charge in [-0.3, -0.25) is 4.79 Å². The van der Waals surface area contributed by atoms with Crippen LogP contribution >= 0.6 is 23.4 Å². The SMILES string of the molecule is COCCOC(=O)C1=C(C)NC(SCC(=O)Nc2cccc(C)c2C)=C(C#N)C1c1ccccc1Cl. The molecule has 1 aliphatic rings. The maximum Gasteiger partial charge on any atom is 0.336 e. The van der Waals surface area contributed by atoms with Gasteiger partial charge in [0, 0.05) is 23.5 Å². The Hall–Kier alpha value is -3.25. The van der Waals surface area contributed by atoms with Crippen LogP contribution in [0.1, 0.15) is 29.5 Å². The summed E-state index contributed by atoms with van der Waals surface area (Å²) in [5, 5.41) is 17.1. The highest BCUT2D eigenvalue weighted by atomic mass is 35.5. The number of hydrogen-bond donors (Lipinski definition) is 2. The fourth-order valence-electron chi connectivity index (χ4n) is 3.82. The van der Waals surface area contributed by atoms with E-state index in [-0.39, 0.29) is 30.4 Å². The van der Waals surface area contributed by atoms with Gasteiger partial charge in [0.2, 0.25) is 5.91 Å². The highest BCUT2D eigenvalue weighted by molar-refractivity contribution is 8.03. The van der Waals surface area contributed by atoms with Crippen molar-refractivity contribution in [2.45, 2.75) is 26.7 Å². The average molecular weight is 526 g/mol. The van der Waals surface area contributed by atoms with Gasteiger partial charge in [0.05, 0.1) is 40.5 Å². The molecular formula is C27H28ClN3O4S. The number of carbonyl (C=O) groups excluding carboxylic acids is 2. The second kappa shape index (κ2) is 12.6. The summed E-state index contributed by atoms with van der Waals surface area (Å²) in [4.78, 5) is 25.8. The Bertz CT molecular complexity index is 1270. The van der Waals surface area contributed by atoms with Crippen LogP contribution in [-0.4, -0.2) is 38.0 Å². The van der Waals surface area contributed by atoms with Gasteiger partial charge < -0.3 is 20.1 Å². The van der Waals surface area contributed by atoms with Crippen LogP contribution in [-0.2, 0) is 19.1 Å². The predicted molar refractivity (Wildman–Crippen MR) is 143 cm³/mol. The number of benzene rings is 2. The Kier molecular flexibility index (Phi) is 9.59. The molecule has 3 rings (SSSR count). The highest BCUT2D eigenvalue weighted by Crippen LogP contribution is 2.43. The molecule has 9 heteroatoms. The van der Waals surface area contributed by atoms with Crippen LogP contribution in [0.2, 0.25) is 5.02 Å². The lowest BCUT2D eigenvalue weighted by Crippen LogP contribution is -2.30. The third kappa shape index (κ3) is 6.30. The van der Waals surface area contributed by atoms with Crippen molar-refractivity contribution in [3.63, 3.8) is 0 Å². The molecule has 1 amide bonds. The number of dihydropyridines is 1. The first kappa shape index (κ1) is 27.3. The first-order valence-corrected chi connectivity index (χ1v) is 12.7. The standard InChI is InChI=1S/C27H28ClN3O4S/c1-16-8-7-11-22(17(16)2)31-23(32)15-36-26-20(14-29)25(19-9-5-6-10-21(19)28)24(18(3)30-26)27(33)35-13-12-34-4/h5-11,25,30H,12-13,15H2,1-4H3,(H,31,32). The number of nitrogens with one attached hydrogen (secondary N) is 2. The molecule has 2 aromatic carbocycles.